The van der Waals surface area contributed by atoms with E-state index in [1.165, 1.54) is 6.42 Å². The molecule has 2 amide bonds. The summed E-state index contributed by atoms with van der Waals surface area (Å²) in [5.41, 5.74) is 6.83. The number of nitrogens with two attached hydrogens (primary N) is 1. The SMILES string of the molecule is Cl.Cl.NCC1(CC(=O)NCCC(=O)NCc2cccnc2)CCCCC1. The molecule has 148 valence electrons. The summed E-state index contributed by atoms with van der Waals surface area (Å²) in [6.45, 7) is 1.38. The molecule has 1 aliphatic carbocycles. The van der Waals surface area contributed by atoms with Crippen molar-refractivity contribution in [3.63, 3.8) is 0 Å². The number of amides is 2. The smallest absolute Gasteiger partial charge is 0.222 e. The van der Waals surface area contributed by atoms with Gasteiger partial charge in [-0.15, -0.1) is 24.8 Å². The van der Waals surface area contributed by atoms with Crippen molar-refractivity contribution in [3.05, 3.63) is 30.1 Å². The molecule has 0 radical (unpaired) electrons. The fourth-order valence-electron chi connectivity index (χ4n) is 3.27. The molecule has 26 heavy (non-hydrogen) atoms. The standard InChI is InChI=1S/C18H28N4O2.2ClH/c19-14-18(7-2-1-3-8-18)11-17(24)21-10-6-16(23)22-13-15-5-4-9-20-12-15;;/h4-5,9,12H,1-3,6-8,10-11,13-14,19H2,(H,21,24)(H,22,23);2*1H. The first-order chi connectivity index (χ1) is 11.6. The van der Waals surface area contributed by atoms with Crippen LogP contribution in [0.15, 0.2) is 24.5 Å². The number of hydrogen-bond donors (Lipinski definition) is 3. The Labute approximate surface area is 167 Å². The molecule has 6 nitrogen and oxygen atoms in total. The van der Waals surface area contributed by atoms with Gasteiger partial charge in [0.25, 0.3) is 0 Å². The maximum atomic E-state index is 12.1. The minimum atomic E-state index is -0.0784. The Morgan fingerprint density at radius 1 is 1.12 bits per heavy atom. The zero-order chi connectivity index (χ0) is 17.3. The van der Waals surface area contributed by atoms with E-state index in [1.54, 1.807) is 12.4 Å². The van der Waals surface area contributed by atoms with E-state index in [0.29, 0.717) is 26.1 Å². The second-order valence-electron chi connectivity index (χ2n) is 6.68. The Balaban J connectivity index is 0.00000312. The number of pyridine rings is 1. The maximum absolute atomic E-state index is 12.1. The van der Waals surface area contributed by atoms with Gasteiger partial charge in [-0.3, -0.25) is 14.6 Å². The molecule has 4 N–H and O–H groups in total. The topological polar surface area (TPSA) is 97.1 Å². The van der Waals surface area contributed by atoms with Crippen molar-refractivity contribution >= 4 is 36.6 Å². The van der Waals surface area contributed by atoms with Gasteiger partial charge in [-0.25, -0.2) is 0 Å². The van der Waals surface area contributed by atoms with E-state index in [1.807, 2.05) is 12.1 Å². The predicted octanol–water partition coefficient (Wildman–Crippen LogP) is 2.35. The van der Waals surface area contributed by atoms with Crippen LogP contribution in [0.4, 0.5) is 0 Å². The normalized spacial score (nSPS) is 15.1. The molecule has 0 spiro atoms. The molecule has 0 unspecified atom stereocenters. The van der Waals surface area contributed by atoms with Crippen LogP contribution >= 0.6 is 24.8 Å². The molecule has 1 heterocycles. The first-order valence-electron chi connectivity index (χ1n) is 8.76. The fourth-order valence-corrected chi connectivity index (χ4v) is 3.27. The Morgan fingerprint density at radius 3 is 2.46 bits per heavy atom. The van der Waals surface area contributed by atoms with E-state index in [2.05, 4.69) is 15.6 Å². The predicted molar refractivity (Wildman–Crippen MR) is 107 cm³/mol. The van der Waals surface area contributed by atoms with Gasteiger partial charge in [-0.05, 0) is 36.4 Å². The van der Waals surface area contributed by atoms with E-state index in [-0.39, 0.29) is 48.5 Å². The summed E-state index contributed by atoms with van der Waals surface area (Å²) in [7, 11) is 0. The minimum Gasteiger partial charge on any atom is -0.356 e. The summed E-state index contributed by atoms with van der Waals surface area (Å²) >= 11 is 0. The van der Waals surface area contributed by atoms with E-state index in [0.717, 1.165) is 31.2 Å². The zero-order valence-electron chi connectivity index (χ0n) is 15.0. The molecule has 2 rings (SSSR count). The highest BCUT2D eigenvalue weighted by molar-refractivity contribution is 5.85. The summed E-state index contributed by atoms with van der Waals surface area (Å²) in [5.74, 6) is -0.0761. The molecule has 0 bridgehead atoms. The zero-order valence-corrected chi connectivity index (χ0v) is 16.7. The second-order valence-corrected chi connectivity index (χ2v) is 6.68. The lowest BCUT2D eigenvalue weighted by Crippen LogP contribution is -2.39. The number of carbonyl (C=O) groups excluding carboxylic acids is 2. The van der Waals surface area contributed by atoms with Gasteiger partial charge in [0.2, 0.25) is 11.8 Å². The van der Waals surface area contributed by atoms with Crippen LogP contribution in [0, 0.1) is 5.41 Å². The van der Waals surface area contributed by atoms with Crippen LogP contribution in [0.25, 0.3) is 0 Å². The molecular weight excluding hydrogens is 375 g/mol. The molecular formula is C18H30Cl2N4O2. The van der Waals surface area contributed by atoms with Crippen LogP contribution < -0.4 is 16.4 Å². The van der Waals surface area contributed by atoms with Gasteiger partial charge in [0.15, 0.2) is 0 Å². The third-order valence-electron chi connectivity index (χ3n) is 4.77. The van der Waals surface area contributed by atoms with Crippen LogP contribution in [0.5, 0.6) is 0 Å². The Bertz CT molecular complexity index is 537. The molecule has 1 fully saturated rings. The van der Waals surface area contributed by atoms with E-state index < -0.39 is 0 Å². The van der Waals surface area contributed by atoms with Crippen molar-refractivity contribution in [2.24, 2.45) is 11.1 Å². The van der Waals surface area contributed by atoms with Crippen LogP contribution in [0.1, 0.15) is 50.5 Å². The van der Waals surface area contributed by atoms with Gasteiger partial charge in [0, 0.05) is 38.3 Å². The number of hydrogen-bond acceptors (Lipinski definition) is 4. The van der Waals surface area contributed by atoms with Gasteiger partial charge in [-0.2, -0.15) is 0 Å². The summed E-state index contributed by atoms with van der Waals surface area (Å²) in [6.07, 6.45) is 9.77. The first kappa shape index (κ1) is 24.6. The molecule has 1 aromatic rings. The highest BCUT2D eigenvalue weighted by atomic mass is 35.5. The van der Waals surface area contributed by atoms with Crippen molar-refractivity contribution in [3.8, 4) is 0 Å². The largest absolute Gasteiger partial charge is 0.356 e. The summed E-state index contributed by atoms with van der Waals surface area (Å²) in [4.78, 5) is 27.9. The third kappa shape index (κ3) is 8.34. The van der Waals surface area contributed by atoms with Crippen molar-refractivity contribution in [1.29, 1.82) is 0 Å². The van der Waals surface area contributed by atoms with Crippen LogP contribution in [0.3, 0.4) is 0 Å². The van der Waals surface area contributed by atoms with Crippen molar-refractivity contribution in [1.82, 2.24) is 15.6 Å². The minimum absolute atomic E-state index is 0. The van der Waals surface area contributed by atoms with Crippen molar-refractivity contribution in [2.45, 2.75) is 51.5 Å². The molecule has 1 aromatic heterocycles. The second kappa shape index (κ2) is 12.9. The molecule has 0 aromatic carbocycles. The maximum Gasteiger partial charge on any atom is 0.222 e. The first-order valence-corrected chi connectivity index (χ1v) is 8.76. The van der Waals surface area contributed by atoms with Crippen LogP contribution in [-0.4, -0.2) is 29.9 Å². The van der Waals surface area contributed by atoms with Gasteiger partial charge in [0.1, 0.15) is 0 Å². The number of nitrogens with zero attached hydrogens (tertiary/aromatic N) is 1. The molecule has 0 aliphatic heterocycles. The Hall–Kier alpha value is -1.37. The lowest BCUT2D eigenvalue weighted by molar-refractivity contribution is -0.124. The summed E-state index contributed by atoms with van der Waals surface area (Å²) in [5, 5.41) is 5.67. The number of carbonyl (C=O) groups is 2. The third-order valence-corrected chi connectivity index (χ3v) is 4.77. The fraction of sp³-hybridized carbons (Fsp3) is 0.611. The highest BCUT2D eigenvalue weighted by Crippen LogP contribution is 2.38. The van der Waals surface area contributed by atoms with Crippen molar-refractivity contribution in [2.75, 3.05) is 13.1 Å². The van der Waals surface area contributed by atoms with Gasteiger partial charge >= 0.3 is 0 Å². The molecule has 1 aliphatic rings. The Kier molecular flexibility index (Phi) is 12.2. The van der Waals surface area contributed by atoms with E-state index in [9.17, 15) is 9.59 Å². The molecule has 0 saturated heterocycles. The van der Waals surface area contributed by atoms with Gasteiger partial charge in [-0.1, -0.05) is 25.3 Å². The molecule has 8 heteroatoms. The monoisotopic (exact) mass is 404 g/mol. The van der Waals surface area contributed by atoms with E-state index in [4.69, 9.17) is 5.73 Å². The van der Waals surface area contributed by atoms with Crippen molar-refractivity contribution < 1.29 is 9.59 Å². The average Bonchev–Trinajstić information content (AvgIpc) is 2.61. The van der Waals surface area contributed by atoms with Crippen LogP contribution in [0.2, 0.25) is 0 Å². The lowest BCUT2D eigenvalue weighted by Gasteiger charge is -2.35. The average molecular weight is 405 g/mol. The molecule has 1 saturated carbocycles. The van der Waals surface area contributed by atoms with Gasteiger partial charge < -0.3 is 16.4 Å². The number of aromatic nitrogens is 1. The number of nitrogens with one attached hydrogen (secondary N) is 2. The van der Waals surface area contributed by atoms with Gasteiger partial charge in [0.05, 0.1) is 0 Å². The lowest BCUT2D eigenvalue weighted by atomic mass is 9.71. The summed E-state index contributed by atoms with van der Waals surface area (Å²) < 4.78 is 0. The summed E-state index contributed by atoms with van der Waals surface area (Å²) in [6, 6.07) is 3.74. The molecule has 0 atom stereocenters. The number of rotatable bonds is 8. The Morgan fingerprint density at radius 2 is 1.85 bits per heavy atom. The van der Waals surface area contributed by atoms with E-state index >= 15 is 0 Å². The van der Waals surface area contributed by atoms with Crippen LogP contribution in [-0.2, 0) is 16.1 Å². The quantitative estimate of drug-likeness (QED) is 0.619. The highest BCUT2D eigenvalue weighted by Gasteiger charge is 2.32. The number of halogens is 2.